The van der Waals surface area contributed by atoms with E-state index in [0.29, 0.717) is 74.3 Å². The van der Waals surface area contributed by atoms with Crippen LogP contribution in [0.5, 0.6) is 0 Å². The summed E-state index contributed by atoms with van der Waals surface area (Å²) in [6, 6.07) is 11.6. The largest absolute Gasteiger partial charge is 0.444 e. The predicted molar refractivity (Wildman–Crippen MR) is 185 cm³/mol. The van der Waals surface area contributed by atoms with Crippen molar-refractivity contribution in [2.45, 2.75) is 70.7 Å². The Morgan fingerprint density at radius 1 is 0.840 bits per heavy atom. The molecule has 2 aromatic carbocycles. The standard InChI is InChI=1S/C37H47FN6O6/c1-37(2,3)50-36(48)44-16-12-27(13-17-44)49-26-10-14-41(15-11-26)24-33(45)42-18-20-43(21-19-42)35(47)30-22-25(8-9-31(30)38)23-32-28-6-4-5-7-29(28)34(46)40-39-32/h4-9,22,26-27H,10-21,23-24H2,1-3H3,(H,40,46). The number of aromatic nitrogens is 2. The molecule has 12 nitrogen and oxygen atoms in total. The number of carbonyl (C=O) groups is 3. The van der Waals surface area contributed by atoms with Gasteiger partial charge in [-0.05, 0) is 70.2 Å². The average Bonchev–Trinajstić information content (AvgIpc) is 3.10. The highest BCUT2D eigenvalue weighted by Gasteiger charge is 2.31. The van der Waals surface area contributed by atoms with E-state index in [4.69, 9.17) is 9.47 Å². The fourth-order valence-corrected chi connectivity index (χ4v) is 6.94. The van der Waals surface area contributed by atoms with Crippen molar-refractivity contribution in [3.8, 4) is 0 Å². The highest BCUT2D eigenvalue weighted by Crippen LogP contribution is 2.23. The number of piperazine rings is 1. The molecule has 1 N–H and O–H groups in total. The third kappa shape index (κ3) is 8.67. The van der Waals surface area contributed by atoms with Crippen LogP contribution in [0.25, 0.3) is 10.8 Å². The van der Waals surface area contributed by atoms with Crippen molar-refractivity contribution in [2.75, 3.05) is 58.9 Å². The summed E-state index contributed by atoms with van der Waals surface area (Å²) in [5.41, 5.74) is 0.524. The summed E-state index contributed by atoms with van der Waals surface area (Å²) in [5.74, 6) is -0.983. The molecule has 6 rings (SSSR count). The fourth-order valence-electron chi connectivity index (χ4n) is 6.94. The second-order valence-electron chi connectivity index (χ2n) is 14.5. The van der Waals surface area contributed by atoms with E-state index in [-0.39, 0.29) is 35.3 Å². The van der Waals surface area contributed by atoms with Crippen molar-refractivity contribution in [3.63, 3.8) is 0 Å². The predicted octanol–water partition coefficient (Wildman–Crippen LogP) is 3.82. The lowest BCUT2D eigenvalue weighted by Gasteiger charge is -2.38. The molecular formula is C37H47FN6O6. The van der Waals surface area contributed by atoms with Crippen molar-refractivity contribution in [3.05, 3.63) is 75.5 Å². The minimum Gasteiger partial charge on any atom is -0.444 e. The van der Waals surface area contributed by atoms with E-state index < -0.39 is 17.3 Å². The van der Waals surface area contributed by atoms with Crippen LogP contribution in [-0.2, 0) is 20.7 Å². The van der Waals surface area contributed by atoms with E-state index in [9.17, 15) is 23.6 Å². The smallest absolute Gasteiger partial charge is 0.410 e. The number of likely N-dealkylation sites (tertiary alicyclic amines) is 2. The Labute approximate surface area is 291 Å². The molecule has 1 aromatic heterocycles. The number of amides is 3. The Kier molecular flexibility index (Phi) is 10.8. The van der Waals surface area contributed by atoms with Gasteiger partial charge < -0.3 is 24.2 Å². The minimum atomic E-state index is -0.602. The molecule has 0 radical (unpaired) electrons. The van der Waals surface area contributed by atoms with Gasteiger partial charge in [-0.3, -0.25) is 19.3 Å². The third-order valence-corrected chi connectivity index (χ3v) is 9.70. The molecule has 268 valence electrons. The first-order valence-electron chi connectivity index (χ1n) is 17.6. The normalized spacial score (nSPS) is 18.4. The maximum absolute atomic E-state index is 14.9. The lowest BCUT2D eigenvalue weighted by molar-refractivity contribution is -0.135. The summed E-state index contributed by atoms with van der Waals surface area (Å²) >= 11 is 0. The zero-order chi connectivity index (χ0) is 35.4. The van der Waals surface area contributed by atoms with Gasteiger partial charge in [-0.25, -0.2) is 14.3 Å². The summed E-state index contributed by atoms with van der Waals surface area (Å²) in [6.07, 6.45) is 3.58. The Bertz CT molecular complexity index is 1750. The van der Waals surface area contributed by atoms with Crippen molar-refractivity contribution >= 4 is 28.7 Å². The van der Waals surface area contributed by atoms with Gasteiger partial charge in [-0.2, -0.15) is 5.10 Å². The zero-order valence-electron chi connectivity index (χ0n) is 29.2. The topological polar surface area (TPSA) is 128 Å². The minimum absolute atomic E-state index is 0.0188. The number of piperidine rings is 2. The number of nitrogens with zero attached hydrogens (tertiary/aromatic N) is 5. The molecule has 3 fully saturated rings. The second kappa shape index (κ2) is 15.3. The molecule has 0 saturated carbocycles. The number of benzene rings is 2. The molecule has 0 unspecified atom stereocenters. The third-order valence-electron chi connectivity index (χ3n) is 9.70. The first kappa shape index (κ1) is 35.5. The number of aromatic amines is 1. The van der Waals surface area contributed by atoms with Crippen LogP contribution in [0.15, 0.2) is 47.3 Å². The Hall–Kier alpha value is -4.36. The van der Waals surface area contributed by atoms with Gasteiger partial charge in [0.15, 0.2) is 0 Å². The number of hydrogen-bond donors (Lipinski definition) is 1. The molecule has 3 aromatic rings. The van der Waals surface area contributed by atoms with Crippen molar-refractivity contribution in [2.24, 2.45) is 0 Å². The molecule has 0 aliphatic carbocycles. The Morgan fingerprint density at radius 3 is 2.12 bits per heavy atom. The van der Waals surface area contributed by atoms with Crippen LogP contribution < -0.4 is 5.56 Å². The molecule has 50 heavy (non-hydrogen) atoms. The number of H-pyrrole nitrogens is 1. The highest BCUT2D eigenvalue weighted by atomic mass is 19.1. The number of hydrogen-bond acceptors (Lipinski definition) is 8. The number of nitrogens with one attached hydrogen (secondary N) is 1. The first-order chi connectivity index (χ1) is 23.9. The molecule has 3 saturated heterocycles. The van der Waals surface area contributed by atoms with Crippen molar-refractivity contribution < 1.29 is 28.2 Å². The van der Waals surface area contributed by atoms with E-state index in [1.165, 1.54) is 6.07 Å². The lowest BCUT2D eigenvalue weighted by Crippen LogP contribution is -2.53. The summed E-state index contributed by atoms with van der Waals surface area (Å²) in [4.78, 5) is 58.4. The molecule has 3 amide bonds. The number of rotatable bonds is 7. The van der Waals surface area contributed by atoms with Crippen LogP contribution in [0, 0.1) is 5.82 Å². The number of fused-ring (bicyclic) bond motifs is 1. The van der Waals surface area contributed by atoms with E-state index in [0.717, 1.165) is 38.8 Å². The molecule has 3 aliphatic rings. The van der Waals surface area contributed by atoms with E-state index in [1.807, 2.05) is 32.9 Å². The zero-order valence-corrected chi connectivity index (χ0v) is 29.2. The van der Waals surface area contributed by atoms with Crippen LogP contribution in [0.4, 0.5) is 9.18 Å². The van der Waals surface area contributed by atoms with Gasteiger partial charge in [0, 0.05) is 64.2 Å². The van der Waals surface area contributed by atoms with Gasteiger partial charge in [0.25, 0.3) is 11.5 Å². The fraction of sp³-hybridized carbons (Fsp3) is 0.541. The van der Waals surface area contributed by atoms with Gasteiger partial charge in [0.05, 0.1) is 35.4 Å². The van der Waals surface area contributed by atoms with E-state index >= 15 is 0 Å². The highest BCUT2D eigenvalue weighted by molar-refractivity contribution is 5.95. The van der Waals surface area contributed by atoms with Gasteiger partial charge >= 0.3 is 6.09 Å². The summed E-state index contributed by atoms with van der Waals surface area (Å²) in [7, 11) is 0. The Morgan fingerprint density at radius 2 is 1.46 bits per heavy atom. The van der Waals surface area contributed by atoms with Crippen LogP contribution in [0.3, 0.4) is 0 Å². The molecule has 4 heterocycles. The Balaban J connectivity index is 0.936. The number of ether oxygens (including phenoxy) is 2. The van der Waals surface area contributed by atoms with Gasteiger partial charge in [-0.1, -0.05) is 24.3 Å². The molecule has 13 heteroatoms. The van der Waals surface area contributed by atoms with Gasteiger partial charge in [0.1, 0.15) is 11.4 Å². The SMILES string of the molecule is CC(C)(C)OC(=O)N1CCC(OC2CCN(CC(=O)N3CCN(C(=O)c4cc(Cc5n[nH]c(=O)c6ccccc56)ccc4F)CC3)CC2)CC1. The van der Waals surface area contributed by atoms with Crippen molar-refractivity contribution in [1.82, 2.24) is 29.8 Å². The summed E-state index contributed by atoms with van der Waals surface area (Å²) in [6.45, 7) is 10.1. The molecular weight excluding hydrogens is 643 g/mol. The second-order valence-corrected chi connectivity index (χ2v) is 14.5. The van der Waals surface area contributed by atoms with Crippen molar-refractivity contribution in [1.29, 1.82) is 0 Å². The summed E-state index contributed by atoms with van der Waals surface area (Å²) in [5, 5.41) is 7.96. The number of carbonyl (C=O) groups excluding carboxylic acids is 3. The number of halogens is 1. The van der Waals surface area contributed by atoms with Crippen LogP contribution in [-0.4, -0.2) is 124 Å². The summed E-state index contributed by atoms with van der Waals surface area (Å²) < 4.78 is 26.8. The van der Waals surface area contributed by atoms with E-state index in [2.05, 4.69) is 15.1 Å². The lowest BCUT2D eigenvalue weighted by atomic mass is 10.0. The van der Waals surface area contributed by atoms with Gasteiger partial charge in [0.2, 0.25) is 5.91 Å². The molecule has 0 atom stereocenters. The molecule has 3 aliphatic heterocycles. The maximum Gasteiger partial charge on any atom is 0.410 e. The van der Waals surface area contributed by atoms with E-state index in [1.54, 1.807) is 39.0 Å². The van der Waals surface area contributed by atoms with Crippen LogP contribution in [0.1, 0.15) is 68.1 Å². The first-order valence-corrected chi connectivity index (χ1v) is 17.6. The molecule has 0 spiro atoms. The van der Waals surface area contributed by atoms with Crippen LogP contribution >= 0.6 is 0 Å². The quantitative estimate of drug-likeness (QED) is 0.397. The molecule has 0 bridgehead atoms. The monoisotopic (exact) mass is 690 g/mol. The average molecular weight is 691 g/mol. The van der Waals surface area contributed by atoms with Crippen LogP contribution in [0.2, 0.25) is 0 Å². The van der Waals surface area contributed by atoms with Gasteiger partial charge in [-0.15, -0.1) is 0 Å². The maximum atomic E-state index is 14.9.